The van der Waals surface area contributed by atoms with E-state index < -0.39 is 9.84 Å². The third kappa shape index (κ3) is 5.05. The summed E-state index contributed by atoms with van der Waals surface area (Å²) in [6.45, 7) is 3.41. The molecule has 134 valence electrons. The predicted octanol–water partition coefficient (Wildman–Crippen LogP) is 2.40. The second-order valence-electron chi connectivity index (χ2n) is 6.40. The van der Waals surface area contributed by atoms with Crippen LogP contribution in [0.15, 0.2) is 18.2 Å². The van der Waals surface area contributed by atoms with Gasteiger partial charge in [-0.1, -0.05) is 17.7 Å². The maximum Gasteiger partial charge on any atom is 0.173 e. The molecule has 1 aromatic carbocycles. The van der Waals surface area contributed by atoms with Crippen LogP contribution in [-0.2, 0) is 9.84 Å². The van der Waals surface area contributed by atoms with Crippen LogP contribution in [0.4, 0.5) is 5.69 Å². The van der Waals surface area contributed by atoms with Crippen LogP contribution in [-0.4, -0.2) is 68.1 Å². The Kier molecular flexibility index (Phi) is 6.47. The van der Waals surface area contributed by atoms with Crippen LogP contribution in [0.1, 0.15) is 12.0 Å². The van der Waals surface area contributed by atoms with E-state index in [2.05, 4.69) is 10.2 Å². The first-order valence-electron chi connectivity index (χ1n) is 7.87. The highest BCUT2D eigenvalue weighted by Crippen LogP contribution is 2.24. The molecule has 1 aliphatic rings. The van der Waals surface area contributed by atoms with Crippen LogP contribution in [0.3, 0.4) is 0 Å². The van der Waals surface area contributed by atoms with Gasteiger partial charge in [0.2, 0.25) is 0 Å². The number of nitrogens with one attached hydrogen (secondary N) is 1. The van der Waals surface area contributed by atoms with Crippen LogP contribution in [0, 0.1) is 6.92 Å². The fraction of sp³-hybridized carbons (Fsp3) is 0.562. The number of benzene rings is 1. The van der Waals surface area contributed by atoms with Crippen molar-refractivity contribution in [3.63, 3.8) is 0 Å². The highest BCUT2D eigenvalue weighted by Gasteiger charge is 2.33. The van der Waals surface area contributed by atoms with E-state index in [1.165, 1.54) is 0 Å². The molecule has 1 heterocycles. The van der Waals surface area contributed by atoms with Crippen LogP contribution in [0.2, 0.25) is 5.02 Å². The van der Waals surface area contributed by atoms with Gasteiger partial charge in [-0.3, -0.25) is 0 Å². The molecule has 1 fully saturated rings. The zero-order valence-electron chi connectivity index (χ0n) is 14.3. The number of sulfone groups is 1. The van der Waals surface area contributed by atoms with Gasteiger partial charge in [0.1, 0.15) is 0 Å². The largest absolute Gasteiger partial charge is 0.344 e. The van der Waals surface area contributed by atoms with Crippen molar-refractivity contribution < 1.29 is 8.42 Å². The summed E-state index contributed by atoms with van der Waals surface area (Å²) >= 11 is 11.7. The van der Waals surface area contributed by atoms with Gasteiger partial charge in [0, 0.05) is 29.8 Å². The van der Waals surface area contributed by atoms with Crippen LogP contribution in [0.5, 0.6) is 0 Å². The summed E-state index contributed by atoms with van der Waals surface area (Å²) < 4.78 is 23.7. The molecule has 1 aromatic rings. The first-order chi connectivity index (χ1) is 11.2. The SMILES string of the molecule is Cc1c(Cl)cccc1NC(=S)N(CCN(C)C)[C@H]1CCS(=O)(=O)C1. The number of thiocarbonyl (C=S) groups is 1. The molecule has 1 saturated heterocycles. The molecule has 0 spiro atoms. The van der Waals surface area contributed by atoms with E-state index in [0.29, 0.717) is 23.1 Å². The van der Waals surface area contributed by atoms with Gasteiger partial charge >= 0.3 is 0 Å². The molecule has 0 aliphatic carbocycles. The highest BCUT2D eigenvalue weighted by atomic mass is 35.5. The fourth-order valence-corrected chi connectivity index (χ4v) is 4.96. The summed E-state index contributed by atoms with van der Waals surface area (Å²) in [4.78, 5) is 4.06. The smallest absolute Gasteiger partial charge is 0.173 e. The van der Waals surface area contributed by atoms with Gasteiger partial charge < -0.3 is 15.1 Å². The lowest BCUT2D eigenvalue weighted by Gasteiger charge is -2.32. The molecule has 5 nitrogen and oxygen atoms in total. The molecular weight excluding hydrogens is 366 g/mol. The van der Waals surface area contributed by atoms with Crippen molar-refractivity contribution in [3.8, 4) is 0 Å². The molecule has 0 radical (unpaired) electrons. The van der Waals surface area contributed by atoms with Gasteiger partial charge in [0.15, 0.2) is 14.9 Å². The predicted molar refractivity (Wildman–Crippen MR) is 105 cm³/mol. The maximum atomic E-state index is 11.8. The first-order valence-corrected chi connectivity index (χ1v) is 10.5. The molecule has 8 heteroatoms. The average molecular weight is 390 g/mol. The molecule has 0 unspecified atom stereocenters. The Balaban J connectivity index is 2.16. The third-order valence-corrected chi connectivity index (χ3v) is 6.70. The Morgan fingerprint density at radius 2 is 2.08 bits per heavy atom. The van der Waals surface area contributed by atoms with Gasteiger partial charge in [-0.05, 0) is 57.4 Å². The molecule has 1 aliphatic heterocycles. The van der Waals surface area contributed by atoms with Gasteiger partial charge in [-0.15, -0.1) is 0 Å². The van der Waals surface area contributed by atoms with Crippen molar-refractivity contribution in [3.05, 3.63) is 28.8 Å². The Hall–Kier alpha value is -0.890. The molecule has 1 atom stereocenters. The number of likely N-dealkylation sites (N-methyl/N-ethyl adjacent to an activating group) is 1. The summed E-state index contributed by atoms with van der Waals surface area (Å²) in [5.41, 5.74) is 1.77. The highest BCUT2D eigenvalue weighted by molar-refractivity contribution is 7.91. The van der Waals surface area contributed by atoms with Crippen LogP contribution >= 0.6 is 23.8 Å². The summed E-state index contributed by atoms with van der Waals surface area (Å²) in [6.07, 6.45) is 0.617. The van der Waals surface area contributed by atoms with Crippen LogP contribution < -0.4 is 5.32 Å². The number of nitrogens with zero attached hydrogens (tertiary/aromatic N) is 2. The van der Waals surface area contributed by atoms with E-state index >= 15 is 0 Å². The van der Waals surface area contributed by atoms with E-state index in [4.69, 9.17) is 23.8 Å². The Labute approximate surface area is 154 Å². The summed E-state index contributed by atoms with van der Waals surface area (Å²) in [6, 6.07) is 5.54. The molecule has 0 saturated carbocycles. The molecule has 2 rings (SSSR count). The van der Waals surface area contributed by atoms with Gasteiger partial charge in [-0.2, -0.15) is 0 Å². The van der Waals surface area contributed by atoms with Crippen molar-refractivity contribution in [2.75, 3.05) is 44.0 Å². The van der Waals surface area contributed by atoms with E-state index in [0.717, 1.165) is 17.8 Å². The van der Waals surface area contributed by atoms with Crippen molar-refractivity contribution in [2.45, 2.75) is 19.4 Å². The van der Waals surface area contributed by atoms with E-state index in [1.807, 2.05) is 44.1 Å². The Morgan fingerprint density at radius 1 is 1.38 bits per heavy atom. The molecule has 0 amide bonds. The topological polar surface area (TPSA) is 52.6 Å². The number of hydrogen-bond acceptors (Lipinski definition) is 4. The lowest BCUT2D eigenvalue weighted by Crippen LogP contribution is -2.46. The molecule has 0 bridgehead atoms. The van der Waals surface area contributed by atoms with Gasteiger partial charge in [0.05, 0.1) is 11.5 Å². The van der Waals surface area contributed by atoms with E-state index in [1.54, 1.807) is 0 Å². The summed E-state index contributed by atoms with van der Waals surface area (Å²) in [5.74, 6) is 0.395. The molecular formula is C16H24ClN3O2S2. The van der Waals surface area contributed by atoms with Crippen molar-refractivity contribution in [1.82, 2.24) is 9.80 Å². The molecule has 1 N–H and O–H groups in total. The summed E-state index contributed by atoms with van der Waals surface area (Å²) in [5, 5.41) is 4.46. The molecule has 24 heavy (non-hydrogen) atoms. The number of anilines is 1. The first kappa shape index (κ1) is 19.4. The van der Waals surface area contributed by atoms with E-state index in [-0.39, 0.29) is 17.5 Å². The minimum absolute atomic E-state index is 0.0746. The number of halogens is 1. The Bertz CT molecular complexity index is 707. The quantitative estimate of drug-likeness (QED) is 0.780. The average Bonchev–Trinajstić information content (AvgIpc) is 2.84. The minimum Gasteiger partial charge on any atom is -0.344 e. The monoisotopic (exact) mass is 389 g/mol. The lowest BCUT2D eigenvalue weighted by molar-refractivity contribution is 0.289. The van der Waals surface area contributed by atoms with Crippen LogP contribution in [0.25, 0.3) is 0 Å². The summed E-state index contributed by atoms with van der Waals surface area (Å²) in [7, 11) is 1.01. The second-order valence-corrected chi connectivity index (χ2v) is 9.42. The van der Waals surface area contributed by atoms with Crippen molar-refractivity contribution >= 4 is 44.5 Å². The zero-order chi connectivity index (χ0) is 17.9. The Morgan fingerprint density at radius 3 is 2.67 bits per heavy atom. The second kappa shape index (κ2) is 7.99. The standard InChI is InChI=1S/C16H24ClN3O2S2/c1-12-14(17)5-4-6-15(12)18-16(23)20(9-8-19(2)3)13-7-10-24(21,22)11-13/h4-6,13H,7-11H2,1-3H3,(H,18,23)/t13-/m0/s1. The van der Waals surface area contributed by atoms with E-state index in [9.17, 15) is 8.42 Å². The lowest BCUT2D eigenvalue weighted by atomic mass is 10.2. The zero-order valence-corrected chi connectivity index (χ0v) is 16.6. The maximum absolute atomic E-state index is 11.8. The van der Waals surface area contributed by atoms with Gasteiger partial charge in [0.25, 0.3) is 0 Å². The van der Waals surface area contributed by atoms with Gasteiger partial charge in [-0.25, -0.2) is 8.42 Å². The minimum atomic E-state index is -2.96. The fourth-order valence-electron chi connectivity index (χ4n) is 2.71. The van der Waals surface area contributed by atoms with Crippen molar-refractivity contribution in [1.29, 1.82) is 0 Å². The number of hydrogen-bond donors (Lipinski definition) is 1. The van der Waals surface area contributed by atoms with Crippen molar-refractivity contribution in [2.24, 2.45) is 0 Å². The third-order valence-electron chi connectivity index (χ3n) is 4.21. The molecule has 0 aromatic heterocycles. The normalized spacial score (nSPS) is 19.5. The number of rotatable bonds is 5.